The molecule has 0 bridgehead atoms. The van der Waals surface area contributed by atoms with Crippen LogP contribution >= 0.6 is 0 Å². The molecular formula is C16H20FN3O. The second-order valence-electron chi connectivity index (χ2n) is 5.92. The molecule has 0 aliphatic heterocycles. The van der Waals surface area contributed by atoms with Gasteiger partial charge in [-0.3, -0.25) is 0 Å². The monoisotopic (exact) mass is 289 g/mol. The van der Waals surface area contributed by atoms with Gasteiger partial charge in [0.1, 0.15) is 11.6 Å². The van der Waals surface area contributed by atoms with E-state index in [-0.39, 0.29) is 17.4 Å². The standard InChI is InChI=1S/C16H20FN3O/c1-11-12(10-19-16(2,3)4)9-18-15(20-11)21-14-7-5-13(17)6-8-14/h5-9,19H,10H2,1-4H3. The van der Waals surface area contributed by atoms with Crippen LogP contribution in [0.1, 0.15) is 32.0 Å². The van der Waals surface area contributed by atoms with Gasteiger partial charge in [0.25, 0.3) is 0 Å². The lowest BCUT2D eigenvalue weighted by Gasteiger charge is -2.20. The van der Waals surface area contributed by atoms with Crippen molar-refractivity contribution in [2.45, 2.75) is 39.8 Å². The van der Waals surface area contributed by atoms with Gasteiger partial charge in [-0.15, -0.1) is 0 Å². The van der Waals surface area contributed by atoms with Gasteiger partial charge in [0.15, 0.2) is 0 Å². The van der Waals surface area contributed by atoms with Crippen molar-refractivity contribution in [2.75, 3.05) is 0 Å². The summed E-state index contributed by atoms with van der Waals surface area (Å²) in [5, 5.41) is 3.39. The van der Waals surface area contributed by atoms with Crippen LogP contribution in [0.4, 0.5) is 4.39 Å². The van der Waals surface area contributed by atoms with Crippen LogP contribution < -0.4 is 10.1 Å². The van der Waals surface area contributed by atoms with Crippen molar-refractivity contribution >= 4 is 0 Å². The van der Waals surface area contributed by atoms with Gasteiger partial charge < -0.3 is 10.1 Å². The quantitative estimate of drug-likeness (QED) is 0.934. The number of aryl methyl sites for hydroxylation is 1. The van der Waals surface area contributed by atoms with E-state index in [1.165, 1.54) is 12.1 Å². The van der Waals surface area contributed by atoms with Crippen LogP contribution in [-0.4, -0.2) is 15.5 Å². The summed E-state index contributed by atoms with van der Waals surface area (Å²) in [6.07, 6.45) is 1.75. The number of benzene rings is 1. The SMILES string of the molecule is Cc1nc(Oc2ccc(F)cc2)ncc1CNC(C)(C)C. The van der Waals surface area contributed by atoms with E-state index in [0.717, 1.165) is 11.3 Å². The summed E-state index contributed by atoms with van der Waals surface area (Å²) in [4.78, 5) is 8.52. The molecule has 1 aromatic carbocycles. The second-order valence-corrected chi connectivity index (χ2v) is 5.92. The number of nitrogens with one attached hydrogen (secondary N) is 1. The molecule has 0 saturated heterocycles. The highest BCUT2D eigenvalue weighted by Gasteiger charge is 2.11. The Morgan fingerprint density at radius 1 is 1.19 bits per heavy atom. The zero-order valence-electron chi connectivity index (χ0n) is 12.8. The van der Waals surface area contributed by atoms with Crippen LogP contribution in [0.2, 0.25) is 0 Å². The highest BCUT2D eigenvalue weighted by Crippen LogP contribution is 2.19. The third-order valence-electron chi connectivity index (χ3n) is 2.89. The Hall–Kier alpha value is -2.01. The maximum atomic E-state index is 12.8. The third kappa shape index (κ3) is 4.79. The molecule has 0 atom stereocenters. The van der Waals surface area contributed by atoms with Gasteiger partial charge in [0, 0.05) is 29.5 Å². The van der Waals surface area contributed by atoms with Gasteiger partial charge in [-0.05, 0) is 52.0 Å². The van der Waals surface area contributed by atoms with E-state index in [9.17, 15) is 4.39 Å². The first-order chi connectivity index (χ1) is 9.83. The predicted octanol–water partition coefficient (Wildman–Crippen LogP) is 3.60. The highest BCUT2D eigenvalue weighted by atomic mass is 19.1. The molecule has 0 aliphatic carbocycles. The van der Waals surface area contributed by atoms with Crippen molar-refractivity contribution in [3.8, 4) is 11.8 Å². The number of halogens is 1. The number of hydrogen-bond donors (Lipinski definition) is 1. The average Bonchev–Trinajstić information content (AvgIpc) is 2.39. The first-order valence-corrected chi connectivity index (χ1v) is 6.84. The van der Waals surface area contributed by atoms with Crippen LogP contribution in [0.3, 0.4) is 0 Å². The summed E-state index contributed by atoms with van der Waals surface area (Å²) in [5.41, 5.74) is 1.92. The lowest BCUT2D eigenvalue weighted by Crippen LogP contribution is -2.35. The molecule has 1 N–H and O–H groups in total. The summed E-state index contributed by atoms with van der Waals surface area (Å²) < 4.78 is 18.3. The molecule has 0 fully saturated rings. The van der Waals surface area contributed by atoms with Crippen molar-refractivity contribution in [1.82, 2.24) is 15.3 Å². The number of hydrogen-bond acceptors (Lipinski definition) is 4. The molecule has 0 unspecified atom stereocenters. The zero-order valence-corrected chi connectivity index (χ0v) is 12.8. The van der Waals surface area contributed by atoms with Gasteiger partial charge >= 0.3 is 6.01 Å². The summed E-state index contributed by atoms with van der Waals surface area (Å²) >= 11 is 0. The maximum Gasteiger partial charge on any atom is 0.322 e. The smallest absolute Gasteiger partial charge is 0.322 e. The largest absolute Gasteiger partial charge is 0.424 e. The summed E-state index contributed by atoms with van der Waals surface area (Å²) in [7, 11) is 0. The molecule has 0 spiro atoms. The molecule has 21 heavy (non-hydrogen) atoms. The third-order valence-corrected chi connectivity index (χ3v) is 2.89. The van der Waals surface area contributed by atoms with E-state index in [1.807, 2.05) is 6.92 Å². The minimum Gasteiger partial charge on any atom is -0.424 e. The Morgan fingerprint density at radius 2 is 1.86 bits per heavy atom. The molecule has 5 heteroatoms. The maximum absolute atomic E-state index is 12.8. The molecule has 112 valence electrons. The number of nitrogens with zero attached hydrogens (tertiary/aromatic N) is 2. The molecule has 2 rings (SSSR count). The van der Waals surface area contributed by atoms with E-state index in [4.69, 9.17) is 4.74 Å². The Kier molecular flexibility index (Phi) is 4.53. The van der Waals surface area contributed by atoms with Crippen molar-refractivity contribution in [1.29, 1.82) is 0 Å². The predicted molar refractivity (Wildman–Crippen MR) is 79.8 cm³/mol. The van der Waals surface area contributed by atoms with Crippen LogP contribution in [-0.2, 0) is 6.54 Å². The van der Waals surface area contributed by atoms with Crippen LogP contribution in [0, 0.1) is 12.7 Å². The summed E-state index contributed by atoms with van der Waals surface area (Å²) in [6, 6.07) is 6.03. The Balaban J connectivity index is 2.06. The molecule has 0 radical (unpaired) electrons. The van der Waals surface area contributed by atoms with Gasteiger partial charge in [0.05, 0.1) is 0 Å². The molecule has 1 heterocycles. The number of rotatable bonds is 4. The van der Waals surface area contributed by atoms with Gasteiger partial charge in [-0.1, -0.05) is 0 Å². The molecule has 4 nitrogen and oxygen atoms in total. The fraction of sp³-hybridized carbons (Fsp3) is 0.375. The van der Waals surface area contributed by atoms with E-state index in [2.05, 4.69) is 36.1 Å². The minimum absolute atomic E-state index is 0.0374. The zero-order chi connectivity index (χ0) is 15.5. The topological polar surface area (TPSA) is 47.0 Å². The Bertz CT molecular complexity index is 606. The van der Waals surface area contributed by atoms with Crippen molar-refractivity contribution in [2.24, 2.45) is 0 Å². The van der Waals surface area contributed by atoms with Gasteiger partial charge in [0.2, 0.25) is 0 Å². The van der Waals surface area contributed by atoms with Crippen molar-refractivity contribution in [3.05, 3.63) is 47.5 Å². The van der Waals surface area contributed by atoms with E-state index < -0.39 is 0 Å². The van der Waals surface area contributed by atoms with Crippen molar-refractivity contribution < 1.29 is 9.13 Å². The van der Waals surface area contributed by atoms with Crippen LogP contribution in [0.5, 0.6) is 11.8 Å². The molecule has 0 saturated carbocycles. The van der Waals surface area contributed by atoms with Crippen molar-refractivity contribution in [3.63, 3.8) is 0 Å². The highest BCUT2D eigenvalue weighted by molar-refractivity contribution is 5.26. The lowest BCUT2D eigenvalue weighted by atomic mass is 10.1. The molecule has 0 amide bonds. The van der Waals surface area contributed by atoms with E-state index in [0.29, 0.717) is 12.3 Å². The summed E-state index contributed by atoms with van der Waals surface area (Å²) in [5.74, 6) is 0.208. The van der Waals surface area contributed by atoms with Gasteiger partial charge in [-0.2, -0.15) is 4.98 Å². The molecule has 2 aromatic rings. The van der Waals surface area contributed by atoms with Crippen LogP contribution in [0.15, 0.2) is 30.5 Å². The minimum atomic E-state index is -0.303. The molecular weight excluding hydrogens is 269 g/mol. The normalized spacial score (nSPS) is 11.5. The molecule has 1 aromatic heterocycles. The Morgan fingerprint density at radius 3 is 2.43 bits per heavy atom. The average molecular weight is 289 g/mol. The Labute approximate surface area is 124 Å². The fourth-order valence-electron chi connectivity index (χ4n) is 1.66. The lowest BCUT2D eigenvalue weighted by molar-refractivity contribution is 0.418. The summed E-state index contributed by atoms with van der Waals surface area (Å²) in [6.45, 7) is 8.94. The fourth-order valence-corrected chi connectivity index (χ4v) is 1.66. The van der Waals surface area contributed by atoms with Crippen LogP contribution in [0.25, 0.3) is 0 Å². The van der Waals surface area contributed by atoms with E-state index >= 15 is 0 Å². The second kappa shape index (κ2) is 6.18. The number of ether oxygens (including phenoxy) is 1. The van der Waals surface area contributed by atoms with E-state index in [1.54, 1.807) is 18.3 Å². The first kappa shape index (κ1) is 15.4. The van der Waals surface area contributed by atoms with Gasteiger partial charge in [-0.25, -0.2) is 9.37 Å². The number of aromatic nitrogens is 2. The molecule has 0 aliphatic rings. The first-order valence-electron chi connectivity index (χ1n) is 6.84.